The Labute approximate surface area is 103 Å². The van der Waals surface area contributed by atoms with E-state index in [1.54, 1.807) is 12.3 Å². The van der Waals surface area contributed by atoms with Gasteiger partial charge in [0.1, 0.15) is 10.1 Å². The predicted molar refractivity (Wildman–Crippen MR) is 66.8 cm³/mol. The number of nitrogens with zero attached hydrogens (tertiary/aromatic N) is 2. The Kier molecular flexibility index (Phi) is 3.31. The molecule has 0 aliphatic heterocycles. The summed E-state index contributed by atoms with van der Waals surface area (Å²) in [6, 6.07) is 7.37. The predicted octanol–water partition coefficient (Wildman–Crippen LogP) is 3.17. The summed E-state index contributed by atoms with van der Waals surface area (Å²) in [5.74, 6) is 0. The fourth-order valence-corrected chi connectivity index (χ4v) is 2.07. The molecule has 0 aliphatic rings. The van der Waals surface area contributed by atoms with Gasteiger partial charge in [0.2, 0.25) is 0 Å². The third-order valence-electron chi connectivity index (χ3n) is 1.93. The highest BCUT2D eigenvalue weighted by Crippen LogP contribution is 2.29. The zero-order valence-electron chi connectivity index (χ0n) is 8.64. The van der Waals surface area contributed by atoms with Gasteiger partial charge >= 0.3 is 0 Å². The van der Waals surface area contributed by atoms with E-state index in [1.807, 2.05) is 25.1 Å². The number of pyridine rings is 2. The first-order valence-electron chi connectivity index (χ1n) is 4.67. The highest BCUT2D eigenvalue weighted by atomic mass is 35.5. The second kappa shape index (κ2) is 4.72. The number of anilines is 1. The minimum absolute atomic E-state index is 0.620. The van der Waals surface area contributed by atoms with Crippen molar-refractivity contribution in [2.75, 3.05) is 5.73 Å². The Balaban J connectivity index is 2.26. The van der Waals surface area contributed by atoms with Gasteiger partial charge in [0.05, 0.1) is 10.7 Å². The molecule has 2 rings (SSSR count). The van der Waals surface area contributed by atoms with Crippen LogP contribution in [-0.4, -0.2) is 9.97 Å². The van der Waals surface area contributed by atoms with Crippen LogP contribution in [0.1, 0.15) is 5.69 Å². The van der Waals surface area contributed by atoms with Crippen LogP contribution in [0.3, 0.4) is 0 Å². The topological polar surface area (TPSA) is 51.8 Å². The number of hydrogen-bond acceptors (Lipinski definition) is 4. The van der Waals surface area contributed by atoms with Gasteiger partial charge in [-0.25, -0.2) is 9.97 Å². The minimum Gasteiger partial charge on any atom is -0.397 e. The quantitative estimate of drug-likeness (QED) is 0.891. The van der Waals surface area contributed by atoms with E-state index in [2.05, 4.69) is 9.97 Å². The van der Waals surface area contributed by atoms with Crippen molar-refractivity contribution in [3.05, 3.63) is 41.2 Å². The van der Waals surface area contributed by atoms with Crippen molar-refractivity contribution < 1.29 is 0 Å². The lowest BCUT2D eigenvalue weighted by atomic mass is 10.3. The highest BCUT2D eigenvalue weighted by molar-refractivity contribution is 7.99. The molecule has 0 saturated carbocycles. The van der Waals surface area contributed by atoms with E-state index in [9.17, 15) is 0 Å². The SMILES string of the molecule is Cc1ccc(N)c(Sc2ccc(Cl)cn2)n1. The zero-order chi connectivity index (χ0) is 11.5. The third-order valence-corrected chi connectivity index (χ3v) is 3.12. The van der Waals surface area contributed by atoms with Crippen molar-refractivity contribution in [2.45, 2.75) is 17.0 Å². The summed E-state index contributed by atoms with van der Waals surface area (Å²) in [7, 11) is 0. The van der Waals surface area contributed by atoms with Crippen molar-refractivity contribution >= 4 is 29.1 Å². The Bertz CT molecular complexity index is 499. The summed E-state index contributed by atoms with van der Waals surface area (Å²) in [6.07, 6.45) is 1.61. The van der Waals surface area contributed by atoms with Gasteiger partial charge in [0.15, 0.2) is 0 Å². The van der Waals surface area contributed by atoms with Crippen LogP contribution in [0, 0.1) is 6.92 Å². The molecule has 0 saturated heterocycles. The molecule has 0 fully saturated rings. The van der Waals surface area contributed by atoms with Gasteiger partial charge in [-0.1, -0.05) is 11.6 Å². The Morgan fingerprint density at radius 2 is 2.06 bits per heavy atom. The first-order chi connectivity index (χ1) is 7.65. The molecule has 0 spiro atoms. The van der Waals surface area contributed by atoms with Crippen molar-refractivity contribution in [1.29, 1.82) is 0 Å². The first-order valence-corrected chi connectivity index (χ1v) is 5.87. The zero-order valence-corrected chi connectivity index (χ0v) is 10.2. The molecular weight excluding hydrogens is 242 g/mol. The van der Waals surface area contributed by atoms with E-state index < -0.39 is 0 Å². The summed E-state index contributed by atoms with van der Waals surface area (Å²) < 4.78 is 0. The molecule has 0 radical (unpaired) electrons. The molecule has 82 valence electrons. The van der Waals surface area contributed by atoms with Gasteiger partial charge in [-0.2, -0.15) is 0 Å². The monoisotopic (exact) mass is 251 g/mol. The van der Waals surface area contributed by atoms with E-state index in [-0.39, 0.29) is 0 Å². The average molecular weight is 252 g/mol. The maximum Gasteiger partial charge on any atom is 0.125 e. The molecule has 0 bridgehead atoms. The van der Waals surface area contributed by atoms with Crippen molar-refractivity contribution in [1.82, 2.24) is 9.97 Å². The summed E-state index contributed by atoms with van der Waals surface area (Å²) >= 11 is 7.19. The Hall–Kier alpha value is -1.26. The molecule has 0 amide bonds. The average Bonchev–Trinajstić information content (AvgIpc) is 2.27. The van der Waals surface area contributed by atoms with Gasteiger partial charge in [-0.15, -0.1) is 0 Å². The molecule has 0 atom stereocenters. The fraction of sp³-hybridized carbons (Fsp3) is 0.0909. The van der Waals surface area contributed by atoms with Crippen molar-refractivity contribution in [2.24, 2.45) is 0 Å². The molecule has 0 aromatic carbocycles. The number of rotatable bonds is 2. The molecule has 0 aliphatic carbocycles. The summed E-state index contributed by atoms with van der Waals surface area (Å²) in [5.41, 5.74) is 7.43. The molecule has 16 heavy (non-hydrogen) atoms. The van der Waals surface area contributed by atoms with E-state index in [4.69, 9.17) is 17.3 Å². The van der Waals surface area contributed by atoms with Crippen LogP contribution in [0.2, 0.25) is 5.02 Å². The van der Waals surface area contributed by atoms with Crippen LogP contribution in [0.25, 0.3) is 0 Å². The molecule has 5 heteroatoms. The van der Waals surface area contributed by atoms with Gasteiger partial charge in [0, 0.05) is 11.9 Å². The van der Waals surface area contributed by atoms with Crippen molar-refractivity contribution in [3.8, 4) is 0 Å². The lowest BCUT2D eigenvalue weighted by molar-refractivity contribution is 1.06. The second-order valence-corrected chi connectivity index (χ2v) is 4.71. The van der Waals surface area contributed by atoms with Crippen LogP contribution in [0.15, 0.2) is 40.5 Å². The first kappa shape index (κ1) is 11.2. The van der Waals surface area contributed by atoms with E-state index in [0.717, 1.165) is 15.7 Å². The largest absolute Gasteiger partial charge is 0.397 e. The van der Waals surface area contributed by atoms with E-state index >= 15 is 0 Å². The molecular formula is C11H10ClN3S. The molecule has 2 heterocycles. The number of nitrogen functional groups attached to an aromatic ring is 1. The lowest BCUT2D eigenvalue weighted by Crippen LogP contribution is -1.93. The van der Waals surface area contributed by atoms with E-state index in [0.29, 0.717) is 10.7 Å². The third kappa shape index (κ3) is 2.65. The molecule has 2 N–H and O–H groups in total. The van der Waals surface area contributed by atoms with Gasteiger partial charge in [-0.05, 0) is 43.0 Å². The summed E-state index contributed by atoms with van der Waals surface area (Å²) in [5, 5.41) is 2.22. The Morgan fingerprint density at radius 1 is 1.25 bits per heavy atom. The molecule has 2 aromatic heterocycles. The normalized spacial score (nSPS) is 10.4. The van der Waals surface area contributed by atoms with Crippen LogP contribution < -0.4 is 5.73 Å². The summed E-state index contributed by atoms with van der Waals surface area (Å²) in [6.45, 7) is 1.93. The van der Waals surface area contributed by atoms with Crippen molar-refractivity contribution in [3.63, 3.8) is 0 Å². The number of halogens is 1. The van der Waals surface area contributed by atoms with Crippen LogP contribution in [0.5, 0.6) is 0 Å². The minimum atomic E-state index is 0.620. The van der Waals surface area contributed by atoms with Crippen LogP contribution >= 0.6 is 23.4 Å². The lowest BCUT2D eigenvalue weighted by Gasteiger charge is -2.04. The number of nitrogens with two attached hydrogens (primary N) is 1. The highest BCUT2D eigenvalue weighted by Gasteiger charge is 2.04. The van der Waals surface area contributed by atoms with E-state index in [1.165, 1.54) is 11.8 Å². The van der Waals surface area contributed by atoms with Gasteiger partial charge in [0.25, 0.3) is 0 Å². The molecule has 2 aromatic rings. The molecule has 3 nitrogen and oxygen atoms in total. The maximum atomic E-state index is 5.83. The molecule has 0 unspecified atom stereocenters. The number of aryl methyl sites for hydroxylation is 1. The standard InChI is InChI=1S/C11H10ClN3S/c1-7-2-4-9(13)11(15-7)16-10-5-3-8(12)6-14-10/h2-6H,13H2,1H3. The van der Waals surface area contributed by atoms with Crippen LogP contribution in [-0.2, 0) is 0 Å². The smallest absolute Gasteiger partial charge is 0.125 e. The number of hydrogen-bond donors (Lipinski definition) is 1. The Morgan fingerprint density at radius 3 is 2.75 bits per heavy atom. The van der Waals surface area contributed by atoms with Gasteiger partial charge < -0.3 is 5.73 Å². The fourth-order valence-electron chi connectivity index (χ4n) is 1.15. The van der Waals surface area contributed by atoms with Crippen LogP contribution in [0.4, 0.5) is 5.69 Å². The maximum absolute atomic E-state index is 5.83. The second-order valence-electron chi connectivity index (χ2n) is 3.26. The number of aromatic nitrogens is 2. The van der Waals surface area contributed by atoms with Gasteiger partial charge in [-0.3, -0.25) is 0 Å². The summed E-state index contributed by atoms with van der Waals surface area (Å²) in [4.78, 5) is 8.54.